The molecule has 1 amide bonds. The number of thioether (sulfide) groups is 1. The van der Waals surface area contributed by atoms with Crippen molar-refractivity contribution in [2.24, 2.45) is 0 Å². The van der Waals surface area contributed by atoms with Gasteiger partial charge in [-0.3, -0.25) is 4.79 Å². The Morgan fingerprint density at radius 1 is 1.20 bits per heavy atom. The molecule has 4 nitrogen and oxygen atoms in total. The van der Waals surface area contributed by atoms with Gasteiger partial charge in [0.25, 0.3) is 5.91 Å². The highest BCUT2D eigenvalue weighted by Gasteiger charge is 2.16. The molecule has 25 heavy (non-hydrogen) atoms. The van der Waals surface area contributed by atoms with Gasteiger partial charge in [0.15, 0.2) is 5.76 Å². The van der Waals surface area contributed by atoms with Crippen molar-refractivity contribution in [1.29, 1.82) is 0 Å². The molecule has 3 rings (SSSR count). The minimum atomic E-state index is -0.310. The third-order valence-electron chi connectivity index (χ3n) is 3.50. The highest BCUT2D eigenvalue weighted by Crippen LogP contribution is 2.28. The Bertz CT molecular complexity index is 864. The zero-order valence-electron chi connectivity index (χ0n) is 13.5. The molecule has 0 saturated heterocycles. The molecule has 0 bridgehead atoms. The molecule has 2 aromatic carbocycles. The lowest BCUT2D eigenvalue weighted by atomic mass is 10.2. The number of furan rings is 1. The lowest BCUT2D eigenvalue weighted by Gasteiger charge is -2.08. The van der Waals surface area contributed by atoms with Gasteiger partial charge in [-0.1, -0.05) is 29.8 Å². The van der Waals surface area contributed by atoms with Crippen molar-refractivity contribution in [2.45, 2.75) is 10.6 Å². The molecule has 128 valence electrons. The summed E-state index contributed by atoms with van der Waals surface area (Å²) in [5.74, 6) is 1.19. The van der Waals surface area contributed by atoms with Crippen LogP contribution in [0.5, 0.6) is 5.75 Å². The minimum Gasteiger partial charge on any atom is -0.495 e. The largest absolute Gasteiger partial charge is 0.495 e. The topological polar surface area (TPSA) is 51.5 Å². The number of hydrogen-bond donors (Lipinski definition) is 1. The minimum absolute atomic E-state index is 0.301. The summed E-state index contributed by atoms with van der Waals surface area (Å²) in [7, 11) is 1.54. The van der Waals surface area contributed by atoms with Crippen LogP contribution in [0.2, 0.25) is 5.02 Å². The second-order valence-electron chi connectivity index (χ2n) is 5.18. The summed E-state index contributed by atoms with van der Waals surface area (Å²) < 4.78 is 10.5. The number of carbonyl (C=O) groups excluding carboxylic acids is 1. The molecule has 6 heteroatoms. The van der Waals surface area contributed by atoms with Crippen LogP contribution in [0.15, 0.2) is 70.2 Å². The normalized spacial score (nSPS) is 10.5. The molecule has 0 spiro atoms. The first-order chi connectivity index (χ1) is 12.2. The summed E-state index contributed by atoms with van der Waals surface area (Å²) in [6, 6.07) is 16.9. The van der Waals surface area contributed by atoms with Crippen LogP contribution >= 0.6 is 23.4 Å². The standard InChI is InChI=1S/C19H16ClNO3S/c1-23-17-8-7-14(11-16(17)20)21-19(22)18-13(9-10-24-18)12-25-15-5-3-2-4-6-15/h2-11H,12H2,1H3,(H,21,22). The highest BCUT2D eigenvalue weighted by atomic mass is 35.5. The Balaban J connectivity index is 1.69. The monoisotopic (exact) mass is 373 g/mol. The van der Waals surface area contributed by atoms with Crippen molar-refractivity contribution in [3.63, 3.8) is 0 Å². The Morgan fingerprint density at radius 2 is 2.00 bits per heavy atom. The molecule has 0 saturated carbocycles. The number of amides is 1. The number of anilines is 1. The zero-order chi connectivity index (χ0) is 17.6. The van der Waals surface area contributed by atoms with Crippen LogP contribution in [0.25, 0.3) is 0 Å². The van der Waals surface area contributed by atoms with Crippen molar-refractivity contribution in [1.82, 2.24) is 0 Å². The van der Waals surface area contributed by atoms with Gasteiger partial charge in [-0.2, -0.15) is 0 Å². The summed E-state index contributed by atoms with van der Waals surface area (Å²) in [4.78, 5) is 13.6. The fourth-order valence-corrected chi connectivity index (χ4v) is 3.42. The second kappa shape index (κ2) is 8.14. The fourth-order valence-electron chi connectivity index (χ4n) is 2.26. The molecule has 1 N–H and O–H groups in total. The zero-order valence-corrected chi connectivity index (χ0v) is 15.1. The van der Waals surface area contributed by atoms with Crippen LogP contribution in [0.4, 0.5) is 5.69 Å². The molecule has 0 fully saturated rings. The van der Waals surface area contributed by atoms with E-state index in [1.165, 1.54) is 6.26 Å². The first-order valence-electron chi connectivity index (χ1n) is 7.56. The van der Waals surface area contributed by atoms with E-state index in [4.69, 9.17) is 20.8 Å². The lowest BCUT2D eigenvalue weighted by molar-refractivity contribution is 0.0996. The quantitative estimate of drug-likeness (QED) is 0.581. The van der Waals surface area contributed by atoms with Crippen LogP contribution in [0.3, 0.4) is 0 Å². The van der Waals surface area contributed by atoms with Gasteiger partial charge in [0, 0.05) is 21.9 Å². The third kappa shape index (κ3) is 4.38. The first-order valence-corrected chi connectivity index (χ1v) is 8.93. The maximum Gasteiger partial charge on any atom is 0.291 e. The summed E-state index contributed by atoms with van der Waals surface area (Å²) in [5.41, 5.74) is 1.42. The lowest BCUT2D eigenvalue weighted by Crippen LogP contribution is -2.12. The van der Waals surface area contributed by atoms with Gasteiger partial charge in [0.05, 0.1) is 18.4 Å². The number of benzene rings is 2. The van der Waals surface area contributed by atoms with Crippen molar-refractivity contribution in [2.75, 3.05) is 12.4 Å². The van der Waals surface area contributed by atoms with E-state index >= 15 is 0 Å². The van der Waals surface area contributed by atoms with E-state index < -0.39 is 0 Å². The summed E-state index contributed by atoms with van der Waals surface area (Å²) in [5, 5.41) is 3.22. The smallest absolute Gasteiger partial charge is 0.291 e. The third-order valence-corrected chi connectivity index (χ3v) is 4.86. The van der Waals surface area contributed by atoms with E-state index in [1.54, 1.807) is 37.1 Å². The molecule has 0 radical (unpaired) electrons. The molecular weight excluding hydrogens is 358 g/mol. The predicted octanol–water partition coefficient (Wildman–Crippen LogP) is 5.49. The Hall–Kier alpha value is -2.37. The van der Waals surface area contributed by atoms with Crippen LogP contribution in [-0.4, -0.2) is 13.0 Å². The summed E-state index contributed by atoms with van der Waals surface area (Å²) >= 11 is 7.73. The number of methoxy groups -OCH3 is 1. The number of ether oxygens (including phenoxy) is 1. The van der Waals surface area contributed by atoms with Crippen LogP contribution < -0.4 is 10.1 Å². The molecule has 0 aliphatic carbocycles. The van der Waals surface area contributed by atoms with E-state index in [9.17, 15) is 4.79 Å². The first kappa shape index (κ1) is 17.5. The van der Waals surface area contributed by atoms with E-state index in [2.05, 4.69) is 5.32 Å². The van der Waals surface area contributed by atoms with Gasteiger partial charge in [-0.15, -0.1) is 11.8 Å². The summed E-state index contributed by atoms with van der Waals surface area (Å²) in [6.07, 6.45) is 1.52. The number of nitrogens with one attached hydrogen (secondary N) is 1. The predicted molar refractivity (Wildman–Crippen MR) is 101 cm³/mol. The SMILES string of the molecule is COc1ccc(NC(=O)c2occc2CSc2ccccc2)cc1Cl. The molecule has 0 atom stereocenters. The van der Waals surface area contributed by atoms with Crippen LogP contribution in [0, 0.1) is 0 Å². The molecule has 0 aliphatic rings. The van der Waals surface area contributed by atoms with Gasteiger partial charge in [0.1, 0.15) is 5.75 Å². The van der Waals surface area contributed by atoms with Gasteiger partial charge in [0.2, 0.25) is 0 Å². The maximum atomic E-state index is 12.5. The Kier molecular flexibility index (Phi) is 5.68. The van der Waals surface area contributed by atoms with E-state index in [-0.39, 0.29) is 5.91 Å². The molecule has 1 heterocycles. The highest BCUT2D eigenvalue weighted by molar-refractivity contribution is 7.98. The average molecular weight is 374 g/mol. The van der Waals surface area contributed by atoms with Crippen molar-refractivity contribution in [3.05, 3.63) is 77.2 Å². The van der Waals surface area contributed by atoms with Crippen LogP contribution in [-0.2, 0) is 5.75 Å². The van der Waals surface area contributed by atoms with E-state index in [1.807, 2.05) is 36.4 Å². The summed E-state index contributed by atoms with van der Waals surface area (Å²) in [6.45, 7) is 0. The molecule has 1 aromatic heterocycles. The number of hydrogen-bond acceptors (Lipinski definition) is 4. The van der Waals surface area contributed by atoms with Crippen molar-refractivity contribution in [3.8, 4) is 5.75 Å². The van der Waals surface area contributed by atoms with Gasteiger partial charge < -0.3 is 14.5 Å². The molecule has 3 aromatic rings. The second-order valence-corrected chi connectivity index (χ2v) is 6.64. The molecule has 0 aliphatic heterocycles. The van der Waals surface area contributed by atoms with Gasteiger partial charge in [-0.25, -0.2) is 0 Å². The van der Waals surface area contributed by atoms with E-state index in [0.717, 1.165) is 10.5 Å². The fraction of sp³-hybridized carbons (Fsp3) is 0.105. The van der Waals surface area contributed by atoms with Crippen molar-refractivity contribution < 1.29 is 13.9 Å². The Labute approximate surface area is 155 Å². The number of carbonyl (C=O) groups is 1. The van der Waals surface area contributed by atoms with Crippen molar-refractivity contribution >= 4 is 35.0 Å². The molecule has 0 unspecified atom stereocenters. The maximum absolute atomic E-state index is 12.5. The number of halogens is 1. The average Bonchev–Trinajstić information content (AvgIpc) is 3.10. The molecular formula is C19H16ClNO3S. The van der Waals surface area contributed by atoms with Gasteiger partial charge >= 0.3 is 0 Å². The van der Waals surface area contributed by atoms with Crippen LogP contribution in [0.1, 0.15) is 16.1 Å². The van der Waals surface area contributed by atoms with Gasteiger partial charge in [-0.05, 0) is 36.4 Å². The number of rotatable bonds is 6. The Morgan fingerprint density at radius 3 is 2.72 bits per heavy atom. The van der Waals surface area contributed by atoms with E-state index in [0.29, 0.717) is 28.0 Å².